The number of hydrogen-bond acceptors (Lipinski definition) is 5. The number of primary amides is 1. The molecule has 7 heteroatoms. The third-order valence-corrected chi connectivity index (χ3v) is 1.97. The highest BCUT2D eigenvalue weighted by Crippen LogP contribution is 2.27. The minimum atomic E-state index is -0.682. The zero-order valence-electron chi connectivity index (χ0n) is 9.30. The van der Waals surface area contributed by atoms with Crippen LogP contribution in [0.15, 0.2) is 18.2 Å². The molecule has 0 fully saturated rings. The van der Waals surface area contributed by atoms with Crippen LogP contribution in [-0.4, -0.2) is 24.5 Å². The Balaban J connectivity index is 2.95. The predicted molar refractivity (Wildman–Crippen MR) is 60.5 cm³/mol. The highest BCUT2D eigenvalue weighted by atomic mass is 16.6. The lowest BCUT2D eigenvalue weighted by Crippen LogP contribution is -2.20. The van der Waals surface area contributed by atoms with Gasteiger partial charge in [-0.25, -0.2) is 0 Å². The number of nitro benzene ring substituents is 1. The zero-order valence-corrected chi connectivity index (χ0v) is 9.30. The SMILES string of the molecule is CNCc1ccc(OCC(N)=O)c([N+](=O)[O-])c1. The summed E-state index contributed by atoms with van der Waals surface area (Å²) in [5, 5.41) is 13.7. The van der Waals surface area contributed by atoms with E-state index < -0.39 is 10.8 Å². The lowest BCUT2D eigenvalue weighted by atomic mass is 10.2. The van der Waals surface area contributed by atoms with Crippen molar-refractivity contribution in [3.8, 4) is 5.75 Å². The molecule has 0 bridgehead atoms. The summed E-state index contributed by atoms with van der Waals surface area (Å²) >= 11 is 0. The monoisotopic (exact) mass is 239 g/mol. The first-order valence-electron chi connectivity index (χ1n) is 4.87. The van der Waals surface area contributed by atoms with Gasteiger partial charge in [-0.1, -0.05) is 6.07 Å². The highest BCUT2D eigenvalue weighted by Gasteiger charge is 2.16. The van der Waals surface area contributed by atoms with E-state index in [0.29, 0.717) is 6.54 Å². The van der Waals surface area contributed by atoms with Crippen molar-refractivity contribution in [1.29, 1.82) is 0 Å². The van der Waals surface area contributed by atoms with Crippen LogP contribution in [0, 0.1) is 10.1 Å². The Morgan fingerprint density at radius 1 is 1.59 bits per heavy atom. The van der Waals surface area contributed by atoms with Gasteiger partial charge in [-0.3, -0.25) is 14.9 Å². The van der Waals surface area contributed by atoms with Gasteiger partial charge in [0.15, 0.2) is 12.4 Å². The van der Waals surface area contributed by atoms with Gasteiger partial charge in [-0.15, -0.1) is 0 Å². The Labute approximate surface area is 97.7 Å². The van der Waals surface area contributed by atoms with Gasteiger partial charge < -0.3 is 15.8 Å². The molecule has 0 saturated carbocycles. The Kier molecular flexibility index (Phi) is 4.41. The average Bonchev–Trinajstić information content (AvgIpc) is 2.27. The Bertz CT molecular complexity index is 434. The molecule has 0 radical (unpaired) electrons. The van der Waals surface area contributed by atoms with Gasteiger partial charge in [0.2, 0.25) is 0 Å². The molecular formula is C10H13N3O4. The van der Waals surface area contributed by atoms with E-state index >= 15 is 0 Å². The predicted octanol–water partition coefficient (Wildman–Crippen LogP) is 0.178. The molecule has 0 aliphatic carbocycles. The maximum atomic E-state index is 10.8. The fourth-order valence-corrected chi connectivity index (χ4v) is 1.29. The highest BCUT2D eigenvalue weighted by molar-refractivity contribution is 5.75. The van der Waals surface area contributed by atoms with E-state index in [-0.39, 0.29) is 18.0 Å². The maximum absolute atomic E-state index is 10.8. The zero-order chi connectivity index (χ0) is 12.8. The van der Waals surface area contributed by atoms with Crippen LogP contribution in [0.2, 0.25) is 0 Å². The molecule has 0 saturated heterocycles. The lowest BCUT2D eigenvalue weighted by molar-refractivity contribution is -0.385. The lowest BCUT2D eigenvalue weighted by Gasteiger charge is -2.06. The van der Waals surface area contributed by atoms with Gasteiger partial charge in [-0.2, -0.15) is 0 Å². The van der Waals surface area contributed by atoms with Crippen LogP contribution in [0.25, 0.3) is 0 Å². The fourth-order valence-electron chi connectivity index (χ4n) is 1.29. The summed E-state index contributed by atoms with van der Waals surface area (Å²) in [6.45, 7) is 0.128. The van der Waals surface area contributed by atoms with Crippen LogP contribution in [0.1, 0.15) is 5.56 Å². The van der Waals surface area contributed by atoms with Crippen LogP contribution in [-0.2, 0) is 11.3 Å². The van der Waals surface area contributed by atoms with Gasteiger partial charge >= 0.3 is 5.69 Å². The maximum Gasteiger partial charge on any atom is 0.311 e. The molecule has 1 amide bonds. The van der Waals surface area contributed by atoms with Gasteiger partial charge in [0.1, 0.15) is 0 Å². The summed E-state index contributed by atoms with van der Waals surface area (Å²) < 4.78 is 4.96. The number of ether oxygens (including phenoxy) is 1. The summed E-state index contributed by atoms with van der Waals surface area (Å²) in [5.74, 6) is -0.646. The van der Waals surface area contributed by atoms with Crippen molar-refractivity contribution in [2.75, 3.05) is 13.7 Å². The van der Waals surface area contributed by atoms with E-state index in [9.17, 15) is 14.9 Å². The van der Waals surface area contributed by atoms with E-state index in [1.54, 1.807) is 13.1 Å². The van der Waals surface area contributed by atoms with Gasteiger partial charge in [0.25, 0.3) is 5.91 Å². The van der Waals surface area contributed by atoms with Gasteiger partial charge in [-0.05, 0) is 18.7 Å². The number of nitrogens with two attached hydrogens (primary N) is 1. The summed E-state index contributed by atoms with van der Waals surface area (Å²) in [4.78, 5) is 20.8. The molecule has 0 aromatic heterocycles. The van der Waals surface area contributed by atoms with Crippen molar-refractivity contribution in [2.24, 2.45) is 5.73 Å². The molecule has 0 spiro atoms. The van der Waals surface area contributed by atoms with E-state index in [0.717, 1.165) is 5.56 Å². The van der Waals surface area contributed by atoms with Crippen molar-refractivity contribution in [2.45, 2.75) is 6.54 Å². The molecule has 1 rings (SSSR count). The Hall–Kier alpha value is -2.15. The molecule has 0 aliphatic heterocycles. The molecule has 0 atom stereocenters. The molecule has 92 valence electrons. The van der Waals surface area contributed by atoms with Crippen molar-refractivity contribution in [3.63, 3.8) is 0 Å². The van der Waals surface area contributed by atoms with Gasteiger partial charge in [0.05, 0.1) is 4.92 Å². The van der Waals surface area contributed by atoms with E-state index in [2.05, 4.69) is 5.32 Å². The van der Waals surface area contributed by atoms with E-state index in [4.69, 9.17) is 10.5 Å². The Morgan fingerprint density at radius 2 is 2.29 bits per heavy atom. The van der Waals surface area contributed by atoms with Crippen molar-refractivity contribution < 1.29 is 14.5 Å². The standard InChI is InChI=1S/C10H13N3O4/c1-12-5-7-2-3-9(17-6-10(11)14)8(4-7)13(15)16/h2-4,12H,5-6H2,1H3,(H2,11,14). The average molecular weight is 239 g/mol. The first kappa shape index (κ1) is 12.9. The topological polar surface area (TPSA) is 107 Å². The number of carbonyl (C=O) groups excluding carboxylic acids is 1. The molecule has 0 heterocycles. The second kappa shape index (κ2) is 5.80. The Morgan fingerprint density at radius 3 is 2.82 bits per heavy atom. The first-order chi connectivity index (χ1) is 8.04. The number of nitrogens with one attached hydrogen (secondary N) is 1. The number of benzene rings is 1. The fraction of sp³-hybridized carbons (Fsp3) is 0.300. The number of carbonyl (C=O) groups is 1. The van der Waals surface area contributed by atoms with Crippen LogP contribution >= 0.6 is 0 Å². The second-order valence-corrected chi connectivity index (χ2v) is 3.34. The summed E-state index contributed by atoms with van der Waals surface area (Å²) in [5.41, 5.74) is 5.47. The minimum Gasteiger partial charge on any atom is -0.477 e. The molecule has 1 aromatic rings. The van der Waals surface area contributed by atoms with Crippen molar-refractivity contribution >= 4 is 11.6 Å². The molecule has 0 unspecified atom stereocenters. The molecule has 17 heavy (non-hydrogen) atoms. The van der Waals surface area contributed by atoms with Crippen LogP contribution < -0.4 is 15.8 Å². The summed E-state index contributed by atoms with van der Waals surface area (Å²) in [7, 11) is 1.74. The molecule has 7 nitrogen and oxygen atoms in total. The largest absolute Gasteiger partial charge is 0.477 e. The summed E-state index contributed by atoms with van der Waals surface area (Å²) in [6, 6.07) is 4.53. The smallest absolute Gasteiger partial charge is 0.311 e. The number of amides is 1. The molecular weight excluding hydrogens is 226 g/mol. The minimum absolute atomic E-state index is 0.0358. The molecule has 0 aliphatic rings. The molecule has 3 N–H and O–H groups in total. The quantitative estimate of drug-likeness (QED) is 0.543. The van der Waals surface area contributed by atoms with Crippen LogP contribution in [0.5, 0.6) is 5.75 Å². The first-order valence-corrected chi connectivity index (χ1v) is 4.87. The van der Waals surface area contributed by atoms with Crippen LogP contribution in [0.3, 0.4) is 0 Å². The third-order valence-electron chi connectivity index (χ3n) is 1.97. The van der Waals surface area contributed by atoms with Crippen molar-refractivity contribution in [1.82, 2.24) is 5.32 Å². The summed E-state index contributed by atoms with van der Waals surface area (Å²) in [6.07, 6.45) is 0. The number of nitro groups is 1. The second-order valence-electron chi connectivity index (χ2n) is 3.34. The normalized spacial score (nSPS) is 9.94. The number of rotatable bonds is 6. The van der Waals surface area contributed by atoms with Gasteiger partial charge in [0, 0.05) is 12.6 Å². The third kappa shape index (κ3) is 3.72. The number of nitrogens with zero attached hydrogens (tertiary/aromatic N) is 1. The van der Waals surface area contributed by atoms with Crippen molar-refractivity contribution in [3.05, 3.63) is 33.9 Å². The van der Waals surface area contributed by atoms with Crippen LogP contribution in [0.4, 0.5) is 5.69 Å². The van der Waals surface area contributed by atoms with E-state index in [1.165, 1.54) is 12.1 Å². The number of hydrogen-bond donors (Lipinski definition) is 2. The molecule has 1 aromatic carbocycles. The van der Waals surface area contributed by atoms with E-state index in [1.807, 2.05) is 0 Å².